The Bertz CT molecular complexity index is 1630. The number of amides is 2. The van der Waals surface area contributed by atoms with Gasteiger partial charge in [0.1, 0.15) is 5.75 Å². The molecule has 0 radical (unpaired) electrons. The number of carbonyl (C=O) groups is 2. The van der Waals surface area contributed by atoms with E-state index in [2.05, 4.69) is 32.1 Å². The van der Waals surface area contributed by atoms with Crippen LogP contribution >= 0.6 is 11.6 Å². The smallest absolute Gasteiger partial charge is 0.250 e. The van der Waals surface area contributed by atoms with E-state index in [0.29, 0.717) is 56.4 Å². The largest absolute Gasteiger partial charge is 0.494 e. The van der Waals surface area contributed by atoms with Crippen LogP contribution < -0.4 is 26.0 Å². The summed E-state index contributed by atoms with van der Waals surface area (Å²) < 4.78 is 7.45. The molecule has 0 aliphatic heterocycles. The molecule has 214 valence electrons. The second-order valence-electron chi connectivity index (χ2n) is 9.75. The van der Waals surface area contributed by atoms with E-state index < -0.39 is 5.91 Å². The second kappa shape index (κ2) is 12.3. The lowest BCUT2D eigenvalue weighted by molar-refractivity contribution is -0.111. The molecule has 0 spiro atoms. The first-order valence-electron chi connectivity index (χ1n) is 12.7. The Balaban J connectivity index is 1.74. The number of fused-ring (bicyclic) bond motifs is 1. The van der Waals surface area contributed by atoms with Gasteiger partial charge >= 0.3 is 0 Å². The number of benzene rings is 2. The van der Waals surface area contributed by atoms with Crippen molar-refractivity contribution >= 4 is 57.3 Å². The van der Waals surface area contributed by atoms with Crippen LogP contribution in [0.25, 0.3) is 22.2 Å². The first kappa shape index (κ1) is 29.4. The van der Waals surface area contributed by atoms with E-state index in [1.54, 1.807) is 49.3 Å². The predicted molar refractivity (Wildman–Crippen MR) is 164 cm³/mol. The molecule has 11 nitrogen and oxygen atoms in total. The van der Waals surface area contributed by atoms with Crippen LogP contribution in [0.15, 0.2) is 55.4 Å². The Morgan fingerprint density at radius 2 is 1.93 bits per heavy atom. The van der Waals surface area contributed by atoms with E-state index in [1.165, 1.54) is 6.08 Å². The molecule has 4 aromatic rings. The van der Waals surface area contributed by atoms with E-state index >= 15 is 0 Å². The summed E-state index contributed by atoms with van der Waals surface area (Å²) in [6.45, 7) is 5.09. The van der Waals surface area contributed by atoms with Crippen LogP contribution in [-0.2, 0) is 11.8 Å². The third-order valence-electron chi connectivity index (χ3n) is 6.55. The number of hydrogen-bond acceptors (Lipinski definition) is 8. The molecule has 2 heterocycles. The summed E-state index contributed by atoms with van der Waals surface area (Å²) in [5, 5.41) is 7.26. The molecule has 0 aliphatic rings. The van der Waals surface area contributed by atoms with Crippen molar-refractivity contribution < 1.29 is 14.3 Å². The van der Waals surface area contributed by atoms with Crippen molar-refractivity contribution in [3.63, 3.8) is 0 Å². The summed E-state index contributed by atoms with van der Waals surface area (Å²) in [6.07, 6.45) is 4.54. The number of methoxy groups -OCH3 is 1. The predicted octanol–water partition coefficient (Wildman–Crippen LogP) is 4.26. The van der Waals surface area contributed by atoms with Crippen LogP contribution in [0.4, 0.5) is 23.0 Å². The standard InChI is InChI=1S/C29H33ClN8O3/c1-7-26(39)33-22-14-23(25(41-6)15-24(22)37(4)11-10-36(2)3)35-29-32-9-8-21(34-29)17-12-18-20(30)16-38(5)27(18)19(13-17)28(31)40/h7-9,12-16H,1,10-11H2,2-6H3,(H2,31,40)(H,33,39)(H,32,34,35). The molecule has 12 heteroatoms. The molecule has 2 aromatic heterocycles. The van der Waals surface area contributed by atoms with Crippen LogP contribution in [0, 0.1) is 0 Å². The van der Waals surface area contributed by atoms with Crippen molar-refractivity contribution in [1.82, 2.24) is 19.4 Å². The minimum Gasteiger partial charge on any atom is -0.494 e. The monoisotopic (exact) mass is 576 g/mol. The number of nitrogens with zero attached hydrogens (tertiary/aromatic N) is 5. The van der Waals surface area contributed by atoms with Gasteiger partial charge in [-0.05, 0) is 44.4 Å². The van der Waals surface area contributed by atoms with Crippen molar-refractivity contribution in [3.8, 4) is 17.0 Å². The number of carbonyl (C=O) groups excluding carboxylic acids is 2. The van der Waals surface area contributed by atoms with Crippen LogP contribution in [-0.4, -0.2) is 72.6 Å². The lowest BCUT2D eigenvalue weighted by atomic mass is 10.0. The molecule has 0 aliphatic carbocycles. The summed E-state index contributed by atoms with van der Waals surface area (Å²) in [5.74, 6) is -0.121. The number of nitrogens with one attached hydrogen (secondary N) is 2. The number of ether oxygens (including phenoxy) is 1. The van der Waals surface area contributed by atoms with Gasteiger partial charge in [0.25, 0.3) is 5.91 Å². The zero-order valence-corrected chi connectivity index (χ0v) is 24.4. The fourth-order valence-corrected chi connectivity index (χ4v) is 4.73. The molecular weight excluding hydrogens is 544 g/mol. The van der Waals surface area contributed by atoms with Crippen molar-refractivity contribution in [2.24, 2.45) is 12.8 Å². The van der Waals surface area contributed by atoms with Gasteiger partial charge < -0.3 is 35.5 Å². The molecular formula is C29H33ClN8O3. The fraction of sp³-hybridized carbons (Fsp3) is 0.241. The number of aromatic nitrogens is 3. The highest BCUT2D eigenvalue weighted by Gasteiger charge is 2.19. The topological polar surface area (TPSA) is 131 Å². The Morgan fingerprint density at radius 3 is 2.59 bits per heavy atom. The Hall–Kier alpha value is -4.61. The molecule has 4 N–H and O–H groups in total. The van der Waals surface area contributed by atoms with E-state index in [1.807, 2.05) is 38.2 Å². The maximum absolute atomic E-state index is 12.3. The SMILES string of the molecule is C=CC(=O)Nc1cc(Nc2nccc(-c3cc(C(N)=O)c4c(c3)c(Cl)cn4C)n2)c(OC)cc1N(C)CCN(C)C. The molecule has 2 amide bonds. The molecule has 0 unspecified atom stereocenters. The lowest BCUT2D eigenvalue weighted by Gasteiger charge is -2.26. The molecule has 4 rings (SSSR count). The zero-order chi connectivity index (χ0) is 29.8. The number of halogens is 1. The van der Waals surface area contributed by atoms with Gasteiger partial charge in [-0.3, -0.25) is 9.59 Å². The first-order chi connectivity index (χ1) is 19.5. The summed E-state index contributed by atoms with van der Waals surface area (Å²) in [5.41, 5.74) is 9.74. The lowest BCUT2D eigenvalue weighted by Crippen LogP contribution is -2.29. The molecule has 2 aromatic carbocycles. The highest BCUT2D eigenvalue weighted by atomic mass is 35.5. The van der Waals surface area contributed by atoms with Gasteiger partial charge in [0, 0.05) is 56.6 Å². The Labute approximate surface area is 243 Å². The maximum Gasteiger partial charge on any atom is 0.250 e. The van der Waals surface area contributed by atoms with Gasteiger partial charge in [0.2, 0.25) is 11.9 Å². The number of likely N-dealkylation sites (N-methyl/N-ethyl adjacent to an activating group) is 2. The average molecular weight is 577 g/mol. The van der Waals surface area contributed by atoms with E-state index in [0.717, 1.165) is 12.2 Å². The number of rotatable bonds is 11. The summed E-state index contributed by atoms with van der Waals surface area (Å²) in [4.78, 5) is 37.7. The van der Waals surface area contributed by atoms with Crippen molar-refractivity contribution in [2.75, 3.05) is 56.9 Å². The molecule has 0 bridgehead atoms. The van der Waals surface area contributed by atoms with Crippen molar-refractivity contribution in [1.29, 1.82) is 0 Å². The van der Waals surface area contributed by atoms with Gasteiger partial charge in [-0.15, -0.1) is 0 Å². The van der Waals surface area contributed by atoms with Gasteiger partial charge in [0.05, 0.1) is 46.0 Å². The van der Waals surface area contributed by atoms with Crippen molar-refractivity contribution in [3.05, 3.63) is 66.0 Å². The quantitative estimate of drug-likeness (QED) is 0.226. The normalized spacial score (nSPS) is 11.0. The average Bonchev–Trinajstić information content (AvgIpc) is 3.24. The van der Waals surface area contributed by atoms with Crippen LogP contribution in [0.1, 0.15) is 10.4 Å². The highest BCUT2D eigenvalue weighted by Crippen LogP contribution is 2.38. The van der Waals surface area contributed by atoms with Crippen LogP contribution in [0.5, 0.6) is 5.75 Å². The third kappa shape index (κ3) is 6.42. The van der Waals surface area contributed by atoms with Gasteiger partial charge in [-0.25, -0.2) is 9.97 Å². The zero-order valence-electron chi connectivity index (χ0n) is 23.7. The molecule has 0 saturated carbocycles. The summed E-state index contributed by atoms with van der Waals surface area (Å²) in [6, 6.07) is 8.88. The number of primary amides is 1. The second-order valence-corrected chi connectivity index (χ2v) is 10.2. The fourth-order valence-electron chi connectivity index (χ4n) is 4.44. The van der Waals surface area contributed by atoms with Crippen molar-refractivity contribution in [2.45, 2.75) is 0 Å². The summed E-state index contributed by atoms with van der Waals surface area (Å²) in [7, 11) is 9.30. The number of nitrogens with two attached hydrogens (primary N) is 1. The number of aryl methyl sites for hydroxylation is 1. The first-order valence-corrected chi connectivity index (χ1v) is 13.1. The molecule has 0 atom stereocenters. The Kier molecular flexibility index (Phi) is 8.80. The molecule has 41 heavy (non-hydrogen) atoms. The highest BCUT2D eigenvalue weighted by molar-refractivity contribution is 6.36. The molecule has 0 fully saturated rings. The van der Waals surface area contributed by atoms with Gasteiger partial charge in [0.15, 0.2) is 0 Å². The number of hydrogen-bond donors (Lipinski definition) is 3. The number of anilines is 4. The van der Waals surface area contributed by atoms with Gasteiger partial charge in [-0.2, -0.15) is 0 Å². The van der Waals surface area contributed by atoms with E-state index in [4.69, 9.17) is 22.1 Å². The minimum atomic E-state index is -0.573. The van der Waals surface area contributed by atoms with E-state index in [9.17, 15) is 9.59 Å². The van der Waals surface area contributed by atoms with E-state index in [-0.39, 0.29) is 11.9 Å². The third-order valence-corrected chi connectivity index (χ3v) is 6.85. The minimum absolute atomic E-state index is 0.274. The van der Waals surface area contributed by atoms with Gasteiger partial charge in [-0.1, -0.05) is 18.2 Å². The summed E-state index contributed by atoms with van der Waals surface area (Å²) >= 11 is 6.44. The maximum atomic E-state index is 12.3. The molecule has 0 saturated heterocycles. The van der Waals surface area contributed by atoms with Crippen LogP contribution in [0.3, 0.4) is 0 Å². The Morgan fingerprint density at radius 1 is 1.17 bits per heavy atom. The van der Waals surface area contributed by atoms with Crippen LogP contribution in [0.2, 0.25) is 5.02 Å².